The lowest BCUT2D eigenvalue weighted by atomic mass is 10.2. The second kappa shape index (κ2) is 5.76. The summed E-state index contributed by atoms with van der Waals surface area (Å²) in [5.74, 6) is 0. The van der Waals surface area contributed by atoms with Gasteiger partial charge in [-0.25, -0.2) is 4.79 Å². The van der Waals surface area contributed by atoms with E-state index in [0.29, 0.717) is 19.7 Å². The van der Waals surface area contributed by atoms with E-state index in [9.17, 15) is 4.79 Å². The topological polar surface area (TPSA) is 45.3 Å². The van der Waals surface area contributed by atoms with Gasteiger partial charge in [0, 0.05) is 23.5 Å². The molecule has 1 amide bonds. The first-order valence-electron chi connectivity index (χ1n) is 6.39. The van der Waals surface area contributed by atoms with Gasteiger partial charge in [0.1, 0.15) is 6.61 Å². The SMILES string of the molecule is O=C(OCc1ccccc1)N1CCc2[nH]c(=S)sc2C1. The number of aromatic amines is 1. The Kier molecular flexibility index (Phi) is 3.84. The van der Waals surface area contributed by atoms with Crippen LogP contribution in [-0.2, 0) is 24.3 Å². The molecule has 104 valence electrons. The molecule has 0 saturated heterocycles. The van der Waals surface area contributed by atoms with E-state index in [1.54, 1.807) is 4.90 Å². The van der Waals surface area contributed by atoms with Crippen LogP contribution in [0.2, 0.25) is 0 Å². The standard InChI is InChI=1S/C14H14N2O2S2/c17-14(18-9-10-4-2-1-3-5-10)16-7-6-11-12(8-16)20-13(19)15-11/h1-5H,6-9H2,(H,15,19). The largest absolute Gasteiger partial charge is 0.445 e. The zero-order valence-corrected chi connectivity index (χ0v) is 12.4. The number of thiazole rings is 1. The number of aromatic nitrogens is 1. The molecule has 0 spiro atoms. The van der Waals surface area contributed by atoms with Gasteiger partial charge in [0.2, 0.25) is 0 Å². The fourth-order valence-corrected chi connectivity index (χ4v) is 3.51. The van der Waals surface area contributed by atoms with Gasteiger partial charge in [-0.15, -0.1) is 11.3 Å². The molecular weight excluding hydrogens is 292 g/mol. The van der Waals surface area contributed by atoms with Crippen LogP contribution in [0.5, 0.6) is 0 Å². The number of carbonyl (C=O) groups is 1. The molecule has 0 bridgehead atoms. The average molecular weight is 306 g/mol. The van der Waals surface area contributed by atoms with Gasteiger partial charge >= 0.3 is 6.09 Å². The summed E-state index contributed by atoms with van der Waals surface area (Å²) in [6.45, 7) is 1.56. The minimum atomic E-state index is -0.265. The molecule has 0 unspecified atom stereocenters. The maximum Gasteiger partial charge on any atom is 0.410 e. The van der Waals surface area contributed by atoms with Crippen molar-refractivity contribution in [3.05, 3.63) is 50.4 Å². The molecule has 1 aliphatic heterocycles. The van der Waals surface area contributed by atoms with Crippen molar-refractivity contribution in [1.82, 2.24) is 9.88 Å². The molecule has 0 radical (unpaired) electrons. The number of ether oxygens (including phenoxy) is 1. The Morgan fingerprint density at radius 3 is 3.00 bits per heavy atom. The van der Waals surface area contributed by atoms with Crippen molar-refractivity contribution in [1.29, 1.82) is 0 Å². The number of fused-ring (bicyclic) bond motifs is 1. The minimum Gasteiger partial charge on any atom is -0.445 e. The quantitative estimate of drug-likeness (QED) is 0.864. The monoisotopic (exact) mass is 306 g/mol. The Morgan fingerprint density at radius 1 is 1.40 bits per heavy atom. The maximum absolute atomic E-state index is 12.1. The summed E-state index contributed by atoms with van der Waals surface area (Å²) in [5, 5.41) is 0. The summed E-state index contributed by atoms with van der Waals surface area (Å²) in [5.41, 5.74) is 2.16. The van der Waals surface area contributed by atoms with Crippen molar-refractivity contribution < 1.29 is 9.53 Å². The molecule has 1 aliphatic rings. The third-order valence-corrected chi connectivity index (χ3v) is 4.50. The molecule has 0 aliphatic carbocycles. The highest BCUT2D eigenvalue weighted by Crippen LogP contribution is 2.23. The number of H-pyrrole nitrogens is 1. The van der Waals surface area contributed by atoms with E-state index < -0.39 is 0 Å². The van der Waals surface area contributed by atoms with Crippen LogP contribution in [0.15, 0.2) is 30.3 Å². The van der Waals surface area contributed by atoms with Crippen molar-refractivity contribution in [2.24, 2.45) is 0 Å². The number of hydrogen-bond donors (Lipinski definition) is 1. The molecule has 4 nitrogen and oxygen atoms in total. The van der Waals surface area contributed by atoms with E-state index in [2.05, 4.69) is 4.98 Å². The van der Waals surface area contributed by atoms with Crippen LogP contribution in [0.25, 0.3) is 0 Å². The summed E-state index contributed by atoms with van der Waals surface area (Å²) in [4.78, 5) is 18.1. The van der Waals surface area contributed by atoms with Crippen LogP contribution in [0.4, 0.5) is 4.79 Å². The number of carbonyl (C=O) groups excluding carboxylic acids is 1. The molecule has 1 N–H and O–H groups in total. The maximum atomic E-state index is 12.1. The zero-order valence-electron chi connectivity index (χ0n) is 10.8. The molecule has 0 saturated carbocycles. The lowest BCUT2D eigenvalue weighted by molar-refractivity contribution is 0.0921. The second-order valence-electron chi connectivity index (χ2n) is 4.63. The fourth-order valence-electron chi connectivity index (χ4n) is 2.19. The molecular formula is C14H14N2O2S2. The first-order chi connectivity index (χ1) is 9.72. The van der Waals surface area contributed by atoms with Crippen molar-refractivity contribution in [3.63, 3.8) is 0 Å². The van der Waals surface area contributed by atoms with Gasteiger partial charge in [0.25, 0.3) is 0 Å². The lowest BCUT2D eigenvalue weighted by Crippen LogP contribution is -2.35. The van der Waals surface area contributed by atoms with Crippen molar-refractivity contribution in [3.8, 4) is 0 Å². The number of amides is 1. The Morgan fingerprint density at radius 2 is 2.20 bits per heavy atom. The van der Waals surface area contributed by atoms with Crippen LogP contribution < -0.4 is 0 Å². The molecule has 1 aromatic heterocycles. The number of hydrogen-bond acceptors (Lipinski definition) is 4. The first-order valence-corrected chi connectivity index (χ1v) is 7.61. The predicted octanol–water partition coefficient (Wildman–Crippen LogP) is 3.50. The molecule has 0 atom stereocenters. The van der Waals surface area contributed by atoms with E-state index in [4.69, 9.17) is 17.0 Å². The number of nitrogens with zero attached hydrogens (tertiary/aromatic N) is 1. The summed E-state index contributed by atoms with van der Waals surface area (Å²) in [7, 11) is 0. The van der Waals surface area contributed by atoms with E-state index in [1.807, 2.05) is 30.3 Å². The van der Waals surface area contributed by atoms with Crippen LogP contribution in [-0.4, -0.2) is 22.5 Å². The zero-order chi connectivity index (χ0) is 13.9. The molecule has 3 rings (SSSR count). The van der Waals surface area contributed by atoms with Crippen LogP contribution >= 0.6 is 23.6 Å². The highest BCUT2D eigenvalue weighted by molar-refractivity contribution is 7.73. The van der Waals surface area contributed by atoms with Crippen molar-refractivity contribution in [2.75, 3.05) is 6.54 Å². The Labute approximate surface area is 126 Å². The van der Waals surface area contributed by atoms with Crippen LogP contribution in [0.1, 0.15) is 16.1 Å². The fraction of sp³-hybridized carbons (Fsp3) is 0.286. The average Bonchev–Trinajstić information content (AvgIpc) is 2.85. The van der Waals surface area contributed by atoms with Crippen molar-refractivity contribution in [2.45, 2.75) is 19.6 Å². The molecule has 2 heterocycles. The third-order valence-electron chi connectivity index (χ3n) is 3.23. The van der Waals surface area contributed by atoms with E-state index in [-0.39, 0.29) is 6.09 Å². The summed E-state index contributed by atoms with van der Waals surface area (Å²) >= 11 is 6.66. The lowest BCUT2D eigenvalue weighted by Gasteiger charge is -2.25. The van der Waals surface area contributed by atoms with E-state index in [1.165, 1.54) is 11.3 Å². The minimum absolute atomic E-state index is 0.265. The Balaban J connectivity index is 1.60. The molecule has 20 heavy (non-hydrogen) atoms. The summed E-state index contributed by atoms with van der Waals surface area (Å²) in [6, 6.07) is 9.70. The van der Waals surface area contributed by atoms with Gasteiger partial charge in [-0.05, 0) is 17.8 Å². The predicted molar refractivity (Wildman–Crippen MR) is 80.2 cm³/mol. The van der Waals surface area contributed by atoms with Gasteiger partial charge in [-0.1, -0.05) is 30.3 Å². The summed E-state index contributed by atoms with van der Waals surface area (Å²) < 4.78 is 6.12. The number of rotatable bonds is 2. The summed E-state index contributed by atoms with van der Waals surface area (Å²) in [6.07, 6.45) is 0.543. The van der Waals surface area contributed by atoms with Crippen LogP contribution in [0, 0.1) is 3.95 Å². The van der Waals surface area contributed by atoms with Crippen molar-refractivity contribution >= 4 is 29.6 Å². The molecule has 1 aromatic carbocycles. The van der Waals surface area contributed by atoms with Gasteiger partial charge in [-0.3, -0.25) is 0 Å². The first kappa shape index (κ1) is 13.3. The van der Waals surface area contributed by atoms with Gasteiger partial charge in [0.15, 0.2) is 3.95 Å². The normalized spacial score (nSPS) is 13.9. The third kappa shape index (κ3) is 2.91. The molecule has 2 aromatic rings. The van der Waals surface area contributed by atoms with Gasteiger partial charge in [-0.2, -0.15) is 0 Å². The molecule has 0 fully saturated rings. The Hall–Kier alpha value is -1.66. The van der Waals surface area contributed by atoms with E-state index >= 15 is 0 Å². The number of nitrogens with one attached hydrogen (secondary N) is 1. The highest BCUT2D eigenvalue weighted by Gasteiger charge is 2.23. The highest BCUT2D eigenvalue weighted by atomic mass is 32.1. The second-order valence-corrected chi connectivity index (χ2v) is 6.40. The number of benzene rings is 1. The smallest absolute Gasteiger partial charge is 0.410 e. The van der Waals surface area contributed by atoms with Gasteiger partial charge in [0.05, 0.1) is 6.54 Å². The van der Waals surface area contributed by atoms with Gasteiger partial charge < -0.3 is 14.6 Å². The molecule has 6 heteroatoms. The Bertz CT molecular complexity index is 663. The van der Waals surface area contributed by atoms with E-state index in [0.717, 1.165) is 26.5 Å². The van der Waals surface area contributed by atoms with Crippen LogP contribution in [0.3, 0.4) is 0 Å².